The Morgan fingerprint density at radius 2 is 0.639 bits per heavy atom. The third-order valence-electron chi connectivity index (χ3n) is 10.1. The van der Waals surface area contributed by atoms with E-state index in [1.54, 1.807) is 0 Å². The smallest absolute Gasteiger partial charge is 0.306 e. The van der Waals surface area contributed by atoms with Crippen LogP contribution in [0.3, 0.4) is 0 Å². The summed E-state index contributed by atoms with van der Waals surface area (Å²) in [5.74, 6) is -0.959. The number of carbonyl (C=O) groups is 3. The third kappa shape index (κ3) is 47.2. The van der Waals surface area contributed by atoms with Crippen LogP contribution in [0.25, 0.3) is 0 Å². The molecule has 0 aliphatic rings. The molecular weight excluding hydrogens is 757 g/mol. The highest BCUT2D eigenvalue weighted by molar-refractivity contribution is 5.71. The molecule has 1 atom stereocenters. The summed E-state index contributed by atoms with van der Waals surface area (Å²) < 4.78 is 16.7. The molecule has 0 rings (SSSR count). The Labute approximate surface area is 375 Å². The van der Waals surface area contributed by atoms with Gasteiger partial charge in [-0.1, -0.05) is 182 Å². The summed E-state index contributed by atoms with van der Waals surface area (Å²) in [7, 11) is 0. The number of ether oxygens (including phenoxy) is 3. The lowest BCUT2D eigenvalue weighted by molar-refractivity contribution is -0.167. The molecule has 0 amide bonds. The highest BCUT2D eigenvalue weighted by Gasteiger charge is 2.19. The zero-order valence-electron chi connectivity index (χ0n) is 39.4. The molecule has 0 aromatic rings. The Kier molecular flexibility index (Phi) is 46.0. The van der Waals surface area contributed by atoms with Crippen molar-refractivity contribution < 1.29 is 28.6 Å². The third-order valence-corrected chi connectivity index (χ3v) is 10.1. The van der Waals surface area contributed by atoms with Crippen LogP contribution in [0.4, 0.5) is 0 Å². The van der Waals surface area contributed by atoms with E-state index in [4.69, 9.17) is 14.2 Å². The van der Waals surface area contributed by atoms with Crippen LogP contribution >= 0.6 is 0 Å². The van der Waals surface area contributed by atoms with Crippen molar-refractivity contribution in [1.29, 1.82) is 0 Å². The minimum atomic E-state index is -0.801. The van der Waals surface area contributed by atoms with Crippen LogP contribution in [-0.4, -0.2) is 37.2 Å². The van der Waals surface area contributed by atoms with Gasteiger partial charge in [-0.2, -0.15) is 0 Å². The number of unbranched alkanes of at least 4 members (excludes halogenated alkanes) is 16. The van der Waals surface area contributed by atoms with Crippen molar-refractivity contribution in [3.05, 3.63) is 97.2 Å². The second-order valence-corrected chi connectivity index (χ2v) is 16.0. The largest absolute Gasteiger partial charge is 0.462 e. The van der Waals surface area contributed by atoms with E-state index >= 15 is 0 Å². The molecule has 0 saturated heterocycles. The van der Waals surface area contributed by atoms with E-state index in [0.717, 1.165) is 135 Å². The van der Waals surface area contributed by atoms with E-state index < -0.39 is 6.10 Å². The van der Waals surface area contributed by atoms with Crippen molar-refractivity contribution in [3.8, 4) is 0 Å². The van der Waals surface area contributed by atoms with Gasteiger partial charge >= 0.3 is 17.9 Å². The zero-order chi connectivity index (χ0) is 44.4. The van der Waals surface area contributed by atoms with Crippen LogP contribution in [0.5, 0.6) is 0 Å². The Bertz CT molecular complexity index is 1250. The van der Waals surface area contributed by atoms with Gasteiger partial charge < -0.3 is 14.2 Å². The van der Waals surface area contributed by atoms with E-state index in [1.165, 1.54) is 38.5 Å². The Morgan fingerprint density at radius 1 is 0.344 bits per heavy atom. The van der Waals surface area contributed by atoms with E-state index in [9.17, 15) is 14.4 Å². The normalized spacial score (nSPS) is 12.9. The highest BCUT2D eigenvalue weighted by atomic mass is 16.6. The molecule has 0 fully saturated rings. The standard InChI is InChI=1S/C55H90O6/c1-4-7-10-13-16-19-22-24-26-28-30-33-36-39-42-45-48-54(57)60-51-52(50-59-53(56)47-44-41-38-35-32-21-18-15-12-9-6-3)61-55(58)49-46-43-40-37-34-31-29-27-25-23-20-17-14-11-8-5-2/h7-8,10-11,15-20,24-27,30,33,52H,4-6,9,12-14,21-23,28-29,31-32,34-51H2,1-3H3/b10-7-,11-8-,18-15-,19-16-,20-17-,26-24-,27-25-,33-30-. The molecule has 0 N–H and O–H groups in total. The predicted octanol–water partition coefficient (Wildman–Crippen LogP) is 16.2. The van der Waals surface area contributed by atoms with Gasteiger partial charge in [0.05, 0.1) is 0 Å². The number of allylic oxidation sites excluding steroid dienone is 16. The van der Waals surface area contributed by atoms with Crippen LogP contribution in [0.15, 0.2) is 97.2 Å². The lowest BCUT2D eigenvalue weighted by atomic mass is 10.1. The van der Waals surface area contributed by atoms with Crippen LogP contribution < -0.4 is 0 Å². The highest BCUT2D eigenvalue weighted by Crippen LogP contribution is 2.13. The maximum absolute atomic E-state index is 12.8. The van der Waals surface area contributed by atoms with Crippen molar-refractivity contribution >= 4 is 17.9 Å². The van der Waals surface area contributed by atoms with Gasteiger partial charge in [0, 0.05) is 19.3 Å². The summed E-state index contributed by atoms with van der Waals surface area (Å²) in [4.78, 5) is 37.9. The molecule has 0 saturated carbocycles. The molecule has 0 radical (unpaired) electrons. The molecule has 0 aliphatic carbocycles. The molecular formula is C55H90O6. The molecule has 6 heteroatoms. The van der Waals surface area contributed by atoms with Gasteiger partial charge in [0.1, 0.15) is 13.2 Å². The Hall–Kier alpha value is -3.67. The number of hydrogen-bond donors (Lipinski definition) is 0. The first-order valence-corrected chi connectivity index (χ1v) is 24.7. The average molecular weight is 847 g/mol. The summed E-state index contributed by atoms with van der Waals surface area (Å²) in [6.07, 6.45) is 63.9. The van der Waals surface area contributed by atoms with Gasteiger partial charge in [0.2, 0.25) is 0 Å². The van der Waals surface area contributed by atoms with Gasteiger partial charge in [-0.3, -0.25) is 14.4 Å². The topological polar surface area (TPSA) is 78.9 Å². The molecule has 0 aromatic heterocycles. The first kappa shape index (κ1) is 57.3. The summed E-state index contributed by atoms with van der Waals surface area (Å²) in [5.41, 5.74) is 0. The molecule has 0 bridgehead atoms. The zero-order valence-corrected chi connectivity index (χ0v) is 39.4. The SMILES string of the molecule is CC/C=C\C/C=C\C/C=C\C/C=C\CCCCCC(=O)OCC(COC(=O)CCCCCCC/C=C\CCCC)OC(=O)CCCCCCCC/C=C\C/C=C\C/C=C\CC. The first-order valence-electron chi connectivity index (χ1n) is 24.7. The van der Waals surface area contributed by atoms with Crippen molar-refractivity contribution in [1.82, 2.24) is 0 Å². The van der Waals surface area contributed by atoms with Crippen molar-refractivity contribution in [2.24, 2.45) is 0 Å². The van der Waals surface area contributed by atoms with E-state index in [-0.39, 0.29) is 31.1 Å². The molecule has 6 nitrogen and oxygen atoms in total. The maximum atomic E-state index is 12.8. The second-order valence-electron chi connectivity index (χ2n) is 16.0. The van der Waals surface area contributed by atoms with Gasteiger partial charge in [0.15, 0.2) is 6.10 Å². The fourth-order valence-electron chi connectivity index (χ4n) is 6.37. The summed E-state index contributed by atoms with van der Waals surface area (Å²) in [6, 6.07) is 0. The molecule has 61 heavy (non-hydrogen) atoms. The first-order chi connectivity index (χ1) is 30.0. The van der Waals surface area contributed by atoms with Crippen molar-refractivity contribution in [2.45, 2.75) is 219 Å². The average Bonchev–Trinajstić information content (AvgIpc) is 3.26. The monoisotopic (exact) mass is 847 g/mol. The second kappa shape index (κ2) is 49.0. The van der Waals surface area contributed by atoms with Crippen LogP contribution in [-0.2, 0) is 28.6 Å². The lowest BCUT2D eigenvalue weighted by Crippen LogP contribution is -2.30. The molecule has 0 heterocycles. The van der Waals surface area contributed by atoms with Crippen LogP contribution in [0.1, 0.15) is 213 Å². The lowest BCUT2D eigenvalue weighted by Gasteiger charge is -2.18. The molecule has 0 spiro atoms. The quantitative estimate of drug-likeness (QED) is 0.0263. The Balaban J connectivity index is 4.47. The fourth-order valence-corrected chi connectivity index (χ4v) is 6.37. The van der Waals surface area contributed by atoms with Crippen molar-refractivity contribution in [2.75, 3.05) is 13.2 Å². The number of carbonyl (C=O) groups excluding carboxylic acids is 3. The fraction of sp³-hybridized carbons (Fsp3) is 0.655. The number of hydrogen-bond acceptors (Lipinski definition) is 6. The predicted molar refractivity (Wildman–Crippen MR) is 260 cm³/mol. The summed E-state index contributed by atoms with van der Waals surface area (Å²) in [5, 5.41) is 0. The summed E-state index contributed by atoms with van der Waals surface area (Å²) in [6.45, 7) is 6.31. The van der Waals surface area contributed by atoms with E-state index in [0.29, 0.717) is 19.3 Å². The van der Waals surface area contributed by atoms with E-state index in [2.05, 4.69) is 118 Å². The minimum absolute atomic E-state index is 0.0991. The van der Waals surface area contributed by atoms with Crippen molar-refractivity contribution in [3.63, 3.8) is 0 Å². The van der Waals surface area contributed by atoms with Crippen LogP contribution in [0, 0.1) is 0 Å². The van der Waals surface area contributed by atoms with Gasteiger partial charge in [0.25, 0.3) is 0 Å². The van der Waals surface area contributed by atoms with Gasteiger partial charge in [-0.15, -0.1) is 0 Å². The summed E-state index contributed by atoms with van der Waals surface area (Å²) >= 11 is 0. The van der Waals surface area contributed by atoms with E-state index in [1.807, 2.05) is 0 Å². The van der Waals surface area contributed by atoms with Gasteiger partial charge in [-0.05, 0) is 109 Å². The van der Waals surface area contributed by atoms with Gasteiger partial charge in [-0.25, -0.2) is 0 Å². The maximum Gasteiger partial charge on any atom is 0.306 e. The molecule has 0 aromatic carbocycles. The number of rotatable bonds is 43. The number of esters is 3. The Morgan fingerprint density at radius 3 is 1.03 bits per heavy atom. The molecule has 1 unspecified atom stereocenters. The molecule has 346 valence electrons. The molecule has 0 aliphatic heterocycles. The van der Waals surface area contributed by atoms with Crippen LogP contribution in [0.2, 0.25) is 0 Å². The minimum Gasteiger partial charge on any atom is -0.462 e.